The number of aromatic amines is 1. The van der Waals surface area contributed by atoms with E-state index in [0.29, 0.717) is 5.56 Å². The Morgan fingerprint density at radius 2 is 2.06 bits per heavy atom. The van der Waals surface area contributed by atoms with E-state index in [2.05, 4.69) is 4.98 Å². The number of halogens is 3. The fourth-order valence-electron chi connectivity index (χ4n) is 1.72. The Bertz CT molecular complexity index is 624. The number of H-pyrrole nitrogens is 1. The van der Waals surface area contributed by atoms with Gasteiger partial charge in [0.2, 0.25) is 0 Å². The van der Waals surface area contributed by atoms with E-state index in [9.17, 15) is 18.0 Å². The first-order chi connectivity index (χ1) is 8.41. The summed E-state index contributed by atoms with van der Waals surface area (Å²) in [5.74, 6) is -5.46. The van der Waals surface area contributed by atoms with Crippen LogP contribution in [0.4, 0.5) is 13.2 Å². The van der Waals surface area contributed by atoms with Gasteiger partial charge in [-0.1, -0.05) is 0 Å². The van der Waals surface area contributed by atoms with Crippen molar-refractivity contribution >= 4 is 16.9 Å². The van der Waals surface area contributed by atoms with Gasteiger partial charge in [-0.25, -0.2) is 13.2 Å². The molecule has 2 rings (SSSR count). The quantitative estimate of drug-likeness (QED) is 0.730. The van der Waals surface area contributed by atoms with Crippen LogP contribution in [0.3, 0.4) is 0 Å². The first-order valence-electron chi connectivity index (χ1n) is 5.03. The van der Waals surface area contributed by atoms with Crippen molar-refractivity contribution < 1.29 is 23.1 Å². The highest BCUT2D eigenvalue weighted by Gasteiger charge is 2.19. The number of hydrogen-bond donors (Lipinski definition) is 3. The molecule has 0 radical (unpaired) electrons. The van der Waals surface area contributed by atoms with Gasteiger partial charge < -0.3 is 15.8 Å². The van der Waals surface area contributed by atoms with E-state index in [1.165, 1.54) is 6.20 Å². The molecule has 1 atom stereocenters. The molecular formula is C11H9F3N2O2. The van der Waals surface area contributed by atoms with Crippen molar-refractivity contribution in [2.45, 2.75) is 12.5 Å². The van der Waals surface area contributed by atoms with Crippen molar-refractivity contribution in [2.75, 3.05) is 0 Å². The molecule has 0 unspecified atom stereocenters. The summed E-state index contributed by atoms with van der Waals surface area (Å²) < 4.78 is 39.4. The molecule has 18 heavy (non-hydrogen) atoms. The van der Waals surface area contributed by atoms with Crippen LogP contribution in [0, 0.1) is 17.5 Å². The average Bonchev–Trinajstić information content (AvgIpc) is 2.69. The third-order valence-electron chi connectivity index (χ3n) is 2.66. The van der Waals surface area contributed by atoms with Crippen molar-refractivity contribution in [1.29, 1.82) is 0 Å². The lowest BCUT2D eigenvalue weighted by atomic mass is 10.1. The van der Waals surface area contributed by atoms with E-state index in [-0.39, 0.29) is 17.3 Å². The Kier molecular flexibility index (Phi) is 3.00. The zero-order chi connectivity index (χ0) is 13.4. The number of carboxylic acids is 1. The van der Waals surface area contributed by atoms with E-state index >= 15 is 0 Å². The van der Waals surface area contributed by atoms with Crippen LogP contribution < -0.4 is 5.73 Å². The number of fused-ring (bicyclic) bond motifs is 1. The highest BCUT2D eigenvalue weighted by Crippen LogP contribution is 2.25. The van der Waals surface area contributed by atoms with Gasteiger partial charge in [-0.05, 0) is 11.6 Å². The molecule has 0 aliphatic carbocycles. The Hall–Kier alpha value is -2.02. The standard InChI is InChI=1S/C11H9F3N2O2/c12-6-2-5-4(1-7(15)11(17)18)3-16-10(5)9(14)8(6)13/h2-3,7,16H,1,15H2,(H,17,18)/t7-/m0/s1. The van der Waals surface area contributed by atoms with E-state index < -0.39 is 29.5 Å². The van der Waals surface area contributed by atoms with Crippen molar-refractivity contribution in [3.05, 3.63) is 35.3 Å². The minimum absolute atomic E-state index is 0.0862. The Balaban J connectivity index is 2.51. The monoisotopic (exact) mass is 258 g/mol. The second-order valence-electron chi connectivity index (χ2n) is 3.87. The SMILES string of the molecule is N[C@@H](Cc1c[nH]c2c(F)c(F)c(F)cc12)C(=O)O. The number of rotatable bonds is 3. The Morgan fingerprint density at radius 1 is 1.39 bits per heavy atom. The molecule has 1 aromatic carbocycles. The van der Waals surface area contributed by atoms with Crippen LogP contribution in [-0.4, -0.2) is 22.1 Å². The zero-order valence-electron chi connectivity index (χ0n) is 9.01. The molecule has 7 heteroatoms. The molecule has 0 saturated carbocycles. The maximum Gasteiger partial charge on any atom is 0.320 e. The molecule has 96 valence electrons. The fourth-order valence-corrected chi connectivity index (χ4v) is 1.72. The van der Waals surface area contributed by atoms with Gasteiger partial charge in [0.1, 0.15) is 6.04 Å². The minimum atomic E-state index is -1.57. The lowest BCUT2D eigenvalue weighted by Crippen LogP contribution is -2.32. The van der Waals surface area contributed by atoms with Crippen LogP contribution in [0.5, 0.6) is 0 Å². The predicted octanol–water partition coefficient (Wildman–Crippen LogP) is 1.54. The second kappa shape index (κ2) is 4.34. The van der Waals surface area contributed by atoms with Gasteiger partial charge in [-0.3, -0.25) is 4.79 Å². The van der Waals surface area contributed by atoms with Gasteiger partial charge >= 0.3 is 5.97 Å². The van der Waals surface area contributed by atoms with Gasteiger partial charge in [-0.15, -0.1) is 0 Å². The van der Waals surface area contributed by atoms with Gasteiger partial charge in [0, 0.05) is 18.0 Å². The van der Waals surface area contributed by atoms with Crippen LogP contribution in [0.1, 0.15) is 5.56 Å². The molecular weight excluding hydrogens is 249 g/mol. The number of nitrogens with one attached hydrogen (secondary N) is 1. The van der Waals surface area contributed by atoms with Crippen LogP contribution in [0.2, 0.25) is 0 Å². The van der Waals surface area contributed by atoms with Crippen molar-refractivity contribution in [2.24, 2.45) is 5.73 Å². The first-order valence-corrected chi connectivity index (χ1v) is 5.03. The molecule has 0 fully saturated rings. The predicted molar refractivity (Wildman–Crippen MR) is 57.5 cm³/mol. The summed E-state index contributed by atoms with van der Waals surface area (Å²) >= 11 is 0. The molecule has 1 aromatic heterocycles. The molecule has 0 saturated heterocycles. The third kappa shape index (κ3) is 1.92. The topological polar surface area (TPSA) is 79.1 Å². The van der Waals surface area contributed by atoms with Gasteiger partial charge in [0.25, 0.3) is 0 Å². The Labute approximate surface area is 99.2 Å². The van der Waals surface area contributed by atoms with Crippen LogP contribution >= 0.6 is 0 Å². The van der Waals surface area contributed by atoms with Crippen LogP contribution in [-0.2, 0) is 11.2 Å². The highest BCUT2D eigenvalue weighted by atomic mass is 19.2. The normalized spacial score (nSPS) is 12.9. The summed E-state index contributed by atoms with van der Waals surface area (Å²) in [5, 5.41) is 8.75. The van der Waals surface area contributed by atoms with Gasteiger partial charge in [0.15, 0.2) is 17.5 Å². The molecule has 0 spiro atoms. The number of carbonyl (C=O) groups is 1. The summed E-state index contributed by atoms with van der Waals surface area (Å²) in [6, 6.07) is -0.381. The maximum absolute atomic E-state index is 13.4. The lowest BCUT2D eigenvalue weighted by molar-refractivity contribution is -0.138. The largest absolute Gasteiger partial charge is 0.480 e. The number of carboxylic acid groups (broad SMARTS) is 1. The highest BCUT2D eigenvalue weighted by molar-refractivity contribution is 5.85. The molecule has 4 N–H and O–H groups in total. The maximum atomic E-state index is 13.4. The van der Waals surface area contributed by atoms with E-state index in [4.69, 9.17) is 10.8 Å². The molecule has 0 amide bonds. The van der Waals surface area contributed by atoms with Crippen molar-refractivity contribution in [3.63, 3.8) is 0 Å². The van der Waals surface area contributed by atoms with Gasteiger partial charge in [0.05, 0.1) is 5.52 Å². The van der Waals surface area contributed by atoms with Gasteiger partial charge in [-0.2, -0.15) is 0 Å². The molecule has 2 aromatic rings. The van der Waals surface area contributed by atoms with Crippen LogP contribution in [0.15, 0.2) is 12.3 Å². The summed E-state index contributed by atoms with van der Waals surface area (Å²) in [4.78, 5) is 13.0. The molecule has 0 aliphatic rings. The number of hydrogen-bond acceptors (Lipinski definition) is 2. The fraction of sp³-hybridized carbons (Fsp3) is 0.182. The Morgan fingerprint density at radius 3 is 2.67 bits per heavy atom. The zero-order valence-corrected chi connectivity index (χ0v) is 9.01. The van der Waals surface area contributed by atoms with E-state index in [1.807, 2.05) is 0 Å². The van der Waals surface area contributed by atoms with Crippen molar-refractivity contribution in [1.82, 2.24) is 4.98 Å². The minimum Gasteiger partial charge on any atom is -0.480 e. The average molecular weight is 258 g/mol. The number of nitrogens with two attached hydrogens (primary N) is 1. The summed E-state index contributed by atoms with van der Waals surface area (Å²) in [6.07, 6.45) is 1.18. The van der Waals surface area contributed by atoms with Crippen LogP contribution in [0.25, 0.3) is 10.9 Å². The number of aromatic nitrogens is 1. The summed E-state index contributed by atoms with van der Waals surface area (Å²) in [6.45, 7) is 0. The van der Waals surface area contributed by atoms with E-state index in [1.54, 1.807) is 0 Å². The van der Waals surface area contributed by atoms with Crippen molar-refractivity contribution in [3.8, 4) is 0 Å². The second-order valence-corrected chi connectivity index (χ2v) is 3.87. The lowest BCUT2D eigenvalue weighted by Gasteiger charge is -2.05. The summed E-state index contributed by atoms with van der Waals surface area (Å²) in [5.41, 5.74) is 5.44. The molecule has 0 bridgehead atoms. The summed E-state index contributed by atoms with van der Waals surface area (Å²) in [7, 11) is 0. The smallest absolute Gasteiger partial charge is 0.320 e. The first kappa shape index (κ1) is 12.4. The third-order valence-corrected chi connectivity index (χ3v) is 2.66. The molecule has 0 aliphatic heterocycles. The number of aliphatic carboxylic acids is 1. The number of benzene rings is 1. The van der Waals surface area contributed by atoms with E-state index in [0.717, 1.165) is 6.07 Å². The molecule has 4 nitrogen and oxygen atoms in total. The molecule has 1 heterocycles.